The first-order chi connectivity index (χ1) is 12.0. The van der Waals surface area contributed by atoms with Crippen molar-refractivity contribution in [2.45, 2.75) is 19.5 Å². The third-order valence-electron chi connectivity index (χ3n) is 3.96. The summed E-state index contributed by atoms with van der Waals surface area (Å²) in [5.74, 6) is 0.752. The van der Waals surface area contributed by atoms with Crippen molar-refractivity contribution < 1.29 is 28.9 Å². The van der Waals surface area contributed by atoms with Gasteiger partial charge in [0.05, 0.1) is 25.9 Å². The lowest BCUT2D eigenvalue weighted by Crippen LogP contribution is -2.39. The molecule has 0 aliphatic carbocycles. The van der Waals surface area contributed by atoms with E-state index in [-0.39, 0.29) is 31.7 Å². The molecule has 0 bridgehead atoms. The number of guanidine groups is 1. The second kappa shape index (κ2) is 6.98. The number of hydrogen-bond donors (Lipinski definition) is 2. The van der Waals surface area contributed by atoms with Crippen LogP contribution in [0.2, 0.25) is 0 Å². The highest BCUT2D eigenvalue weighted by atomic mass is 16.6. The molecule has 0 saturated carbocycles. The van der Waals surface area contributed by atoms with Gasteiger partial charge < -0.3 is 24.2 Å². The zero-order valence-electron chi connectivity index (χ0n) is 13.9. The van der Waals surface area contributed by atoms with Gasteiger partial charge in [-0.2, -0.15) is 0 Å². The van der Waals surface area contributed by atoms with Crippen molar-refractivity contribution in [2.24, 2.45) is 4.99 Å². The summed E-state index contributed by atoms with van der Waals surface area (Å²) in [5, 5.41) is 12.1. The number of esters is 1. The van der Waals surface area contributed by atoms with Gasteiger partial charge in [0.1, 0.15) is 19.3 Å². The Morgan fingerprint density at radius 1 is 1.44 bits per heavy atom. The number of fused-ring (bicyclic) bond motifs is 2. The minimum Gasteiger partial charge on any atom is -0.492 e. The second-order valence-corrected chi connectivity index (χ2v) is 5.53. The van der Waals surface area contributed by atoms with Crippen molar-refractivity contribution in [1.82, 2.24) is 10.2 Å². The first-order valence-electron chi connectivity index (χ1n) is 7.78. The summed E-state index contributed by atoms with van der Waals surface area (Å²) in [7, 11) is 1.52. The third-order valence-corrected chi connectivity index (χ3v) is 3.96. The molecule has 1 aromatic carbocycles. The van der Waals surface area contributed by atoms with Crippen molar-refractivity contribution in [1.29, 1.82) is 0 Å². The summed E-state index contributed by atoms with van der Waals surface area (Å²) >= 11 is 0. The van der Waals surface area contributed by atoms with Crippen LogP contribution in [-0.2, 0) is 20.9 Å². The van der Waals surface area contributed by atoms with Crippen LogP contribution in [0, 0.1) is 0 Å². The molecule has 1 unspecified atom stereocenters. The van der Waals surface area contributed by atoms with Crippen molar-refractivity contribution in [2.75, 3.05) is 26.9 Å². The lowest BCUT2D eigenvalue weighted by molar-refractivity contribution is -0.141. The highest BCUT2D eigenvalue weighted by Gasteiger charge is 2.39. The molecule has 9 nitrogen and oxygen atoms in total. The van der Waals surface area contributed by atoms with Gasteiger partial charge in [-0.25, -0.2) is 4.99 Å². The van der Waals surface area contributed by atoms with Gasteiger partial charge in [-0.1, -0.05) is 0 Å². The number of carbonyl (C=O) groups excluding carboxylic acids is 2. The predicted molar refractivity (Wildman–Crippen MR) is 86.8 cm³/mol. The van der Waals surface area contributed by atoms with Gasteiger partial charge in [-0.3, -0.25) is 14.9 Å². The number of nitrogens with zero attached hydrogens (tertiary/aromatic N) is 2. The largest absolute Gasteiger partial charge is 0.492 e. The van der Waals surface area contributed by atoms with Crippen molar-refractivity contribution in [3.8, 4) is 11.5 Å². The van der Waals surface area contributed by atoms with Gasteiger partial charge in [0.15, 0.2) is 11.5 Å². The average molecular weight is 349 g/mol. The molecule has 2 N–H and O–H groups in total. The molecule has 1 aromatic rings. The molecule has 0 aromatic heterocycles. The van der Waals surface area contributed by atoms with Gasteiger partial charge in [0, 0.05) is 12.5 Å². The van der Waals surface area contributed by atoms with Crippen LogP contribution in [0.25, 0.3) is 0 Å². The molecule has 134 valence electrons. The van der Waals surface area contributed by atoms with E-state index in [9.17, 15) is 14.7 Å². The summed E-state index contributed by atoms with van der Waals surface area (Å²) in [4.78, 5) is 28.8. The molecule has 0 spiro atoms. The lowest BCUT2D eigenvalue weighted by Gasteiger charge is -2.28. The molecule has 0 radical (unpaired) electrons. The molecule has 1 fully saturated rings. The number of aliphatic hydroxyl groups excluding tert-OH is 1. The maximum atomic E-state index is 11.9. The lowest BCUT2D eigenvalue weighted by atomic mass is 10.1. The molecule has 1 saturated heterocycles. The van der Waals surface area contributed by atoms with Gasteiger partial charge in [-0.05, 0) is 12.1 Å². The van der Waals surface area contributed by atoms with Crippen LogP contribution < -0.4 is 14.8 Å². The van der Waals surface area contributed by atoms with Crippen LogP contribution in [0.15, 0.2) is 17.1 Å². The van der Waals surface area contributed by atoms with E-state index in [1.807, 2.05) is 0 Å². The molecule has 3 rings (SSSR count). The summed E-state index contributed by atoms with van der Waals surface area (Å²) in [6.45, 7) is 1.70. The van der Waals surface area contributed by atoms with Gasteiger partial charge in [-0.15, -0.1) is 0 Å². The SMILES string of the molecule is COc1c(OCCOC(C)=O)ccc2c1CN1C(=N2)NC(=O)C1CO. The summed E-state index contributed by atoms with van der Waals surface area (Å²) in [5.41, 5.74) is 1.42. The number of rotatable bonds is 6. The van der Waals surface area contributed by atoms with E-state index in [0.717, 1.165) is 5.56 Å². The van der Waals surface area contributed by atoms with E-state index in [4.69, 9.17) is 14.2 Å². The molecular weight excluding hydrogens is 330 g/mol. The smallest absolute Gasteiger partial charge is 0.302 e. The van der Waals surface area contributed by atoms with Crippen LogP contribution in [0.5, 0.6) is 11.5 Å². The Balaban J connectivity index is 1.83. The maximum Gasteiger partial charge on any atom is 0.302 e. The molecule has 25 heavy (non-hydrogen) atoms. The van der Waals surface area contributed by atoms with E-state index in [0.29, 0.717) is 29.7 Å². The van der Waals surface area contributed by atoms with Crippen LogP contribution in [0.4, 0.5) is 5.69 Å². The van der Waals surface area contributed by atoms with E-state index in [1.54, 1.807) is 17.0 Å². The Hall–Kier alpha value is -2.81. The number of amides is 1. The van der Waals surface area contributed by atoms with E-state index < -0.39 is 6.04 Å². The van der Waals surface area contributed by atoms with E-state index in [2.05, 4.69) is 10.3 Å². The number of aliphatic hydroxyl groups is 1. The summed E-state index contributed by atoms with van der Waals surface area (Å²) in [6.07, 6.45) is 0. The Morgan fingerprint density at radius 3 is 2.92 bits per heavy atom. The molecule has 1 amide bonds. The quantitative estimate of drug-likeness (QED) is 0.546. The highest BCUT2D eigenvalue weighted by molar-refractivity contribution is 6.08. The van der Waals surface area contributed by atoms with Crippen molar-refractivity contribution in [3.63, 3.8) is 0 Å². The zero-order valence-corrected chi connectivity index (χ0v) is 13.9. The monoisotopic (exact) mass is 349 g/mol. The Kier molecular flexibility index (Phi) is 4.75. The molecule has 2 aliphatic heterocycles. The number of ether oxygens (including phenoxy) is 3. The van der Waals surface area contributed by atoms with Gasteiger partial charge in [0.2, 0.25) is 5.96 Å². The minimum absolute atomic E-state index is 0.134. The normalized spacial score (nSPS) is 18.0. The Labute approximate surface area is 144 Å². The molecule has 9 heteroatoms. The Bertz CT molecular complexity index is 733. The molecule has 1 atom stereocenters. The predicted octanol–water partition coefficient (Wildman–Crippen LogP) is -0.0691. The molecule has 2 heterocycles. The van der Waals surface area contributed by atoms with Crippen molar-refractivity contribution in [3.05, 3.63) is 17.7 Å². The van der Waals surface area contributed by atoms with E-state index in [1.165, 1.54) is 14.0 Å². The fraction of sp³-hybridized carbons (Fsp3) is 0.438. The Morgan fingerprint density at radius 2 is 2.24 bits per heavy atom. The number of hydrogen-bond acceptors (Lipinski definition) is 8. The number of aliphatic imine (C=N–C) groups is 1. The zero-order chi connectivity index (χ0) is 18.0. The topological polar surface area (TPSA) is 110 Å². The van der Waals surface area contributed by atoms with Gasteiger partial charge >= 0.3 is 5.97 Å². The first-order valence-corrected chi connectivity index (χ1v) is 7.78. The second-order valence-electron chi connectivity index (χ2n) is 5.53. The minimum atomic E-state index is -0.676. The fourth-order valence-electron chi connectivity index (χ4n) is 2.83. The van der Waals surface area contributed by atoms with Crippen LogP contribution in [0.3, 0.4) is 0 Å². The number of benzene rings is 1. The summed E-state index contributed by atoms with van der Waals surface area (Å²) < 4.78 is 15.9. The fourth-order valence-corrected chi connectivity index (χ4v) is 2.83. The standard InChI is InChI=1S/C16H19N3O6/c1-9(21)24-5-6-25-13-4-3-11-10(14(13)23-2)7-19-12(8-20)15(22)18-16(19)17-11/h3-4,12,20H,5-8H2,1-2H3,(H,17,18,22). The first kappa shape index (κ1) is 17.0. The molecular formula is C16H19N3O6. The maximum absolute atomic E-state index is 11.9. The third kappa shape index (κ3) is 3.22. The highest BCUT2D eigenvalue weighted by Crippen LogP contribution is 2.41. The average Bonchev–Trinajstić information content (AvgIpc) is 2.90. The molecule has 2 aliphatic rings. The van der Waals surface area contributed by atoms with Crippen LogP contribution >= 0.6 is 0 Å². The van der Waals surface area contributed by atoms with Gasteiger partial charge in [0.25, 0.3) is 5.91 Å². The van der Waals surface area contributed by atoms with Crippen molar-refractivity contribution >= 4 is 23.5 Å². The summed E-state index contributed by atoms with van der Waals surface area (Å²) in [6, 6.07) is 2.80. The number of nitrogens with one attached hydrogen (secondary N) is 1. The van der Waals surface area contributed by atoms with E-state index >= 15 is 0 Å². The number of methoxy groups -OCH3 is 1. The van der Waals surface area contributed by atoms with Crippen LogP contribution in [-0.4, -0.2) is 60.8 Å². The number of carbonyl (C=O) groups is 2. The van der Waals surface area contributed by atoms with Crippen LogP contribution in [0.1, 0.15) is 12.5 Å².